The largest absolute Gasteiger partial charge is 0.462 e. The Kier molecular flexibility index (Phi) is 4.38. The lowest BCUT2D eigenvalue weighted by Crippen LogP contribution is -2.60. The van der Waals surface area contributed by atoms with Gasteiger partial charge in [0, 0.05) is 0 Å². The van der Waals surface area contributed by atoms with Gasteiger partial charge >= 0.3 is 0 Å². The molecule has 4 N–H and O–H groups in total. The van der Waals surface area contributed by atoms with E-state index in [0.717, 1.165) is 5.56 Å². The van der Waals surface area contributed by atoms with Crippen LogP contribution in [-0.2, 0) is 4.74 Å². The molecule has 0 aromatic heterocycles. The van der Waals surface area contributed by atoms with Crippen LogP contribution in [0.2, 0.25) is 0 Å². The molecule has 1 fully saturated rings. The molecule has 1 heterocycles. The maximum absolute atomic E-state index is 9.80. The first-order valence-corrected chi connectivity index (χ1v) is 6.07. The van der Waals surface area contributed by atoms with E-state index in [0.29, 0.717) is 5.75 Å². The van der Waals surface area contributed by atoms with Crippen molar-refractivity contribution in [3.63, 3.8) is 0 Å². The summed E-state index contributed by atoms with van der Waals surface area (Å²) in [7, 11) is 0. The summed E-state index contributed by atoms with van der Waals surface area (Å²) in [6, 6.07) is 7.08. The van der Waals surface area contributed by atoms with Gasteiger partial charge in [0.05, 0.1) is 6.61 Å². The molecule has 1 aliphatic heterocycles. The first-order chi connectivity index (χ1) is 9.02. The molecule has 2 rings (SSSR count). The third kappa shape index (κ3) is 3.05. The van der Waals surface area contributed by atoms with Crippen molar-refractivity contribution in [1.29, 1.82) is 0 Å². The second-order valence-electron chi connectivity index (χ2n) is 4.63. The van der Waals surface area contributed by atoms with Crippen LogP contribution in [0.15, 0.2) is 24.3 Å². The second kappa shape index (κ2) is 5.85. The molecule has 0 saturated carbocycles. The molecule has 5 atom stereocenters. The monoisotopic (exact) mass is 270 g/mol. The van der Waals surface area contributed by atoms with E-state index >= 15 is 0 Å². The molecule has 6 nitrogen and oxygen atoms in total. The second-order valence-corrected chi connectivity index (χ2v) is 4.63. The average molecular weight is 270 g/mol. The highest BCUT2D eigenvalue weighted by molar-refractivity contribution is 5.26. The first-order valence-electron chi connectivity index (χ1n) is 6.07. The molecule has 1 saturated heterocycles. The molecule has 19 heavy (non-hydrogen) atoms. The number of benzene rings is 1. The standard InChI is InChI=1S/C13H18O6/c1-7-2-4-8(5-3-7)18-13-12(17)11(16)10(15)9(6-14)19-13/h2-5,9-17H,6H2,1H3/t9?,10-,11?,12-,13+/m0/s1. The van der Waals surface area contributed by atoms with Crippen molar-refractivity contribution < 1.29 is 29.9 Å². The van der Waals surface area contributed by atoms with Crippen LogP contribution in [0.1, 0.15) is 5.56 Å². The number of aliphatic hydroxyl groups excluding tert-OH is 4. The van der Waals surface area contributed by atoms with Gasteiger partial charge in [-0.3, -0.25) is 0 Å². The Bertz CT molecular complexity index is 404. The summed E-state index contributed by atoms with van der Waals surface area (Å²) in [4.78, 5) is 0. The topological polar surface area (TPSA) is 99.4 Å². The smallest absolute Gasteiger partial charge is 0.229 e. The van der Waals surface area contributed by atoms with Crippen molar-refractivity contribution in [2.45, 2.75) is 37.6 Å². The van der Waals surface area contributed by atoms with E-state index in [1.165, 1.54) is 0 Å². The van der Waals surface area contributed by atoms with Gasteiger partial charge in [0.1, 0.15) is 30.2 Å². The molecule has 1 aromatic carbocycles. The summed E-state index contributed by atoms with van der Waals surface area (Å²) in [5.41, 5.74) is 1.06. The predicted octanol–water partition coefficient (Wildman–Crippen LogP) is -0.826. The summed E-state index contributed by atoms with van der Waals surface area (Å²) >= 11 is 0. The number of aliphatic hydroxyl groups is 4. The lowest BCUT2D eigenvalue weighted by atomic mass is 9.99. The highest BCUT2D eigenvalue weighted by Gasteiger charge is 2.44. The van der Waals surface area contributed by atoms with Gasteiger partial charge in [-0.25, -0.2) is 0 Å². The Labute approximate surface area is 110 Å². The Balaban J connectivity index is 2.08. The molecule has 2 unspecified atom stereocenters. The highest BCUT2D eigenvalue weighted by Crippen LogP contribution is 2.24. The Hall–Kier alpha value is -1.18. The molecular formula is C13H18O6. The van der Waals surface area contributed by atoms with Crippen molar-refractivity contribution in [2.24, 2.45) is 0 Å². The van der Waals surface area contributed by atoms with E-state index in [4.69, 9.17) is 14.6 Å². The van der Waals surface area contributed by atoms with Gasteiger partial charge in [-0.2, -0.15) is 0 Å². The van der Waals surface area contributed by atoms with E-state index in [-0.39, 0.29) is 0 Å². The SMILES string of the molecule is Cc1ccc(O[C@@H]2OC(CO)[C@H](O)C(O)[C@@H]2O)cc1. The van der Waals surface area contributed by atoms with Crippen LogP contribution < -0.4 is 4.74 Å². The molecule has 1 aliphatic rings. The van der Waals surface area contributed by atoms with Crippen LogP contribution in [0.3, 0.4) is 0 Å². The fourth-order valence-electron chi connectivity index (χ4n) is 1.92. The zero-order valence-electron chi connectivity index (χ0n) is 10.5. The van der Waals surface area contributed by atoms with Gasteiger partial charge in [0.2, 0.25) is 6.29 Å². The van der Waals surface area contributed by atoms with Crippen LogP contribution in [0.25, 0.3) is 0 Å². The predicted molar refractivity (Wildman–Crippen MR) is 65.6 cm³/mol. The fourth-order valence-corrected chi connectivity index (χ4v) is 1.92. The lowest BCUT2D eigenvalue weighted by Gasteiger charge is -2.39. The normalized spacial score (nSPS) is 35.1. The number of rotatable bonds is 3. The zero-order chi connectivity index (χ0) is 14.0. The average Bonchev–Trinajstić information content (AvgIpc) is 2.42. The Morgan fingerprint density at radius 1 is 1.05 bits per heavy atom. The summed E-state index contributed by atoms with van der Waals surface area (Å²) in [6.45, 7) is 1.45. The van der Waals surface area contributed by atoms with Crippen molar-refractivity contribution in [3.05, 3.63) is 29.8 Å². The molecule has 0 bridgehead atoms. The number of hydrogen-bond acceptors (Lipinski definition) is 6. The minimum absolute atomic E-state index is 0.468. The van der Waals surface area contributed by atoms with E-state index in [1.54, 1.807) is 12.1 Å². The van der Waals surface area contributed by atoms with Gasteiger partial charge in [-0.15, -0.1) is 0 Å². The summed E-state index contributed by atoms with van der Waals surface area (Å²) in [5.74, 6) is 0.468. The molecule has 0 radical (unpaired) electrons. The van der Waals surface area contributed by atoms with E-state index in [2.05, 4.69) is 0 Å². The van der Waals surface area contributed by atoms with Crippen molar-refractivity contribution in [1.82, 2.24) is 0 Å². The van der Waals surface area contributed by atoms with Gasteiger partial charge < -0.3 is 29.9 Å². The molecule has 0 spiro atoms. The summed E-state index contributed by atoms with van der Waals surface area (Å²) in [6.07, 6.45) is -6.30. The fraction of sp³-hybridized carbons (Fsp3) is 0.538. The van der Waals surface area contributed by atoms with Gasteiger partial charge in [-0.05, 0) is 19.1 Å². The van der Waals surface area contributed by atoms with Crippen LogP contribution in [-0.4, -0.2) is 57.7 Å². The Morgan fingerprint density at radius 3 is 2.26 bits per heavy atom. The van der Waals surface area contributed by atoms with E-state index < -0.39 is 37.3 Å². The zero-order valence-corrected chi connectivity index (χ0v) is 10.5. The van der Waals surface area contributed by atoms with Crippen molar-refractivity contribution in [2.75, 3.05) is 6.61 Å². The van der Waals surface area contributed by atoms with Gasteiger partial charge in [0.25, 0.3) is 0 Å². The quantitative estimate of drug-likeness (QED) is 0.572. The van der Waals surface area contributed by atoms with Crippen LogP contribution in [0.5, 0.6) is 5.75 Å². The number of aryl methyl sites for hydroxylation is 1. The van der Waals surface area contributed by atoms with E-state index in [9.17, 15) is 15.3 Å². The van der Waals surface area contributed by atoms with Gasteiger partial charge in [-0.1, -0.05) is 17.7 Å². The minimum Gasteiger partial charge on any atom is -0.462 e. The maximum atomic E-state index is 9.80. The number of hydrogen-bond donors (Lipinski definition) is 4. The first kappa shape index (κ1) is 14.2. The van der Waals surface area contributed by atoms with Crippen LogP contribution >= 0.6 is 0 Å². The molecule has 1 aromatic rings. The molecule has 0 aliphatic carbocycles. The molecule has 6 heteroatoms. The van der Waals surface area contributed by atoms with E-state index in [1.807, 2.05) is 19.1 Å². The highest BCUT2D eigenvalue weighted by atomic mass is 16.7. The summed E-state index contributed by atoms with van der Waals surface area (Å²) in [5, 5.41) is 38.1. The van der Waals surface area contributed by atoms with Crippen molar-refractivity contribution in [3.8, 4) is 5.75 Å². The van der Waals surface area contributed by atoms with Crippen LogP contribution in [0, 0.1) is 6.92 Å². The minimum atomic E-state index is -1.43. The van der Waals surface area contributed by atoms with Gasteiger partial charge in [0.15, 0.2) is 0 Å². The molecular weight excluding hydrogens is 252 g/mol. The maximum Gasteiger partial charge on any atom is 0.229 e. The van der Waals surface area contributed by atoms with Crippen molar-refractivity contribution >= 4 is 0 Å². The Morgan fingerprint density at radius 2 is 1.68 bits per heavy atom. The molecule has 106 valence electrons. The third-order valence-corrected chi connectivity index (χ3v) is 3.12. The third-order valence-electron chi connectivity index (χ3n) is 3.12. The molecule has 0 amide bonds. The lowest BCUT2D eigenvalue weighted by molar-refractivity contribution is -0.277. The number of ether oxygens (including phenoxy) is 2. The summed E-state index contributed by atoms with van der Waals surface area (Å²) < 4.78 is 10.7. The van der Waals surface area contributed by atoms with Crippen LogP contribution in [0.4, 0.5) is 0 Å².